The molecular weight excluding hydrogens is 220 g/mol. The van der Waals surface area contributed by atoms with E-state index < -0.39 is 11.7 Å². The van der Waals surface area contributed by atoms with E-state index in [0.29, 0.717) is 16.8 Å². The van der Waals surface area contributed by atoms with Gasteiger partial charge < -0.3 is 5.73 Å². The Morgan fingerprint density at radius 2 is 1.59 bits per heavy atom. The van der Waals surface area contributed by atoms with Gasteiger partial charge in [0.15, 0.2) is 0 Å². The lowest BCUT2D eigenvalue weighted by molar-refractivity contribution is 0.582. The number of benzene rings is 2. The molecule has 1 nitrogen and oxygen atoms in total. The third-order valence-corrected chi connectivity index (χ3v) is 2.89. The van der Waals surface area contributed by atoms with Crippen LogP contribution in [0.25, 0.3) is 0 Å². The third kappa shape index (κ3) is 2.13. The van der Waals surface area contributed by atoms with E-state index in [9.17, 15) is 8.78 Å². The normalized spacial score (nSPS) is 12.4. The summed E-state index contributed by atoms with van der Waals surface area (Å²) in [5.41, 5.74) is 6.89. The first-order valence-electron chi connectivity index (χ1n) is 5.39. The van der Waals surface area contributed by atoms with Crippen molar-refractivity contribution in [2.24, 2.45) is 0 Å². The van der Waals surface area contributed by atoms with E-state index in [4.69, 9.17) is 5.73 Å². The zero-order chi connectivity index (χ0) is 12.4. The van der Waals surface area contributed by atoms with Crippen molar-refractivity contribution in [2.45, 2.75) is 12.8 Å². The number of nitrogens with two attached hydrogens (primary N) is 1. The fourth-order valence-corrected chi connectivity index (χ4v) is 1.99. The lowest BCUT2D eigenvalue weighted by atomic mass is 9.91. The van der Waals surface area contributed by atoms with Gasteiger partial charge in [-0.15, -0.1) is 0 Å². The molecule has 0 spiro atoms. The quantitative estimate of drug-likeness (QED) is 0.786. The first-order valence-corrected chi connectivity index (χ1v) is 5.39. The molecule has 2 aromatic rings. The number of rotatable bonds is 2. The van der Waals surface area contributed by atoms with E-state index >= 15 is 0 Å². The predicted molar refractivity (Wildman–Crippen MR) is 64.7 cm³/mol. The summed E-state index contributed by atoms with van der Waals surface area (Å²) in [5.74, 6) is -1.15. The number of hydrogen-bond acceptors (Lipinski definition) is 1. The number of hydrogen-bond donors (Lipinski definition) is 1. The highest BCUT2D eigenvalue weighted by atomic mass is 19.1. The van der Waals surface area contributed by atoms with E-state index in [0.717, 1.165) is 0 Å². The largest absolute Gasteiger partial charge is 0.398 e. The van der Waals surface area contributed by atoms with E-state index in [1.807, 2.05) is 0 Å². The third-order valence-electron chi connectivity index (χ3n) is 2.89. The molecule has 0 aliphatic carbocycles. The highest BCUT2D eigenvalue weighted by Crippen LogP contribution is 2.31. The lowest BCUT2D eigenvalue weighted by Gasteiger charge is -2.16. The maximum absolute atomic E-state index is 13.7. The molecule has 0 aliphatic heterocycles. The van der Waals surface area contributed by atoms with Crippen LogP contribution in [-0.4, -0.2) is 0 Å². The Balaban J connectivity index is 2.51. The van der Waals surface area contributed by atoms with Crippen LogP contribution in [0.1, 0.15) is 24.0 Å². The Hall–Kier alpha value is -1.90. The molecule has 88 valence electrons. The maximum atomic E-state index is 13.7. The summed E-state index contributed by atoms with van der Waals surface area (Å²) >= 11 is 0. The second kappa shape index (κ2) is 4.53. The minimum atomic E-state index is -0.405. The molecule has 1 unspecified atom stereocenters. The van der Waals surface area contributed by atoms with Gasteiger partial charge in [-0.25, -0.2) is 8.78 Å². The Kier molecular flexibility index (Phi) is 3.09. The van der Waals surface area contributed by atoms with Crippen LogP contribution in [0, 0.1) is 11.6 Å². The lowest BCUT2D eigenvalue weighted by Crippen LogP contribution is -2.05. The average Bonchev–Trinajstić information content (AvgIpc) is 2.29. The summed E-state index contributed by atoms with van der Waals surface area (Å²) in [6, 6.07) is 10.8. The SMILES string of the molecule is CC(c1ccccc1F)c1c(N)cccc1F. The average molecular weight is 233 g/mol. The number of nitrogen functional groups attached to an aromatic ring is 1. The summed E-state index contributed by atoms with van der Waals surface area (Å²) in [7, 11) is 0. The van der Waals surface area contributed by atoms with Crippen LogP contribution in [0.4, 0.5) is 14.5 Å². The van der Waals surface area contributed by atoms with Gasteiger partial charge in [-0.1, -0.05) is 31.2 Å². The molecule has 2 N–H and O–H groups in total. The van der Waals surface area contributed by atoms with Gasteiger partial charge in [-0.2, -0.15) is 0 Å². The van der Waals surface area contributed by atoms with Crippen LogP contribution in [0.2, 0.25) is 0 Å². The molecule has 0 saturated heterocycles. The molecule has 0 bridgehead atoms. The topological polar surface area (TPSA) is 26.0 Å². The van der Waals surface area contributed by atoms with E-state index in [1.54, 1.807) is 37.3 Å². The van der Waals surface area contributed by atoms with Gasteiger partial charge in [0, 0.05) is 17.2 Å². The molecule has 2 rings (SSSR count). The van der Waals surface area contributed by atoms with Crippen molar-refractivity contribution in [1.82, 2.24) is 0 Å². The summed E-state index contributed by atoms with van der Waals surface area (Å²) in [4.78, 5) is 0. The van der Waals surface area contributed by atoms with Crippen molar-refractivity contribution < 1.29 is 8.78 Å². The standard InChI is InChI=1S/C14H13F2N/c1-9(10-5-2-3-6-11(10)15)14-12(16)7-4-8-13(14)17/h2-9H,17H2,1H3. The molecule has 0 amide bonds. The van der Waals surface area contributed by atoms with Crippen LogP contribution >= 0.6 is 0 Å². The minimum Gasteiger partial charge on any atom is -0.398 e. The van der Waals surface area contributed by atoms with Gasteiger partial charge >= 0.3 is 0 Å². The maximum Gasteiger partial charge on any atom is 0.129 e. The Labute approximate surface area is 98.9 Å². The molecule has 0 heterocycles. The second-order valence-electron chi connectivity index (χ2n) is 3.99. The van der Waals surface area contributed by atoms with Crippen molar-refractivity contribution in [3.8, 4) is 0 Å². The number of anilines is 1. The second-order valence-corrected chi connectivity index (χ2v) is 3.99. The zero-order valence-corrected chi connectivity index (χ0v) is 9.45. The monoisotopic (exact) mass is 233 g/mol. The van der Waals surface area contributed by atoms with Gasteiger partial charge in [0.25, 0.3) is 0 Å². The van der Waals surface area contributed by atoms with Crippen LogP contribution < -0.4 is 5.73 Å². The minimum absolute atomic E-state index is 0.345. The van der Waals surface area contributed by atoms with Crippen molar-refractivity contribution in [3.05, 3.63) is 65.2 Å². The predicted octanol–water partition coefficient (Wildman–Crippen LogP) is 3.70. The van der Waals surface area contributed by atoms with Crippen LogP contribution in [-0.2, 0) is 0 Å². The Morgan fingerprint density at radius 1 is 0.941 bits per heavy atom. The van der Waals surface area contributed by atoms with Crippen LogP contribution in [0.15, 0.2) is 42.5 Å². The van der Waals surface area contributed by atoms with Gasteiger partial charge in [0.1, 0.15) is 11.6 Å². The highest BCUT2D eigenvalue weighted by molar-refractivity contribution is 5.52. The fourth-order valence-electron chi connectivity index (χ4n) is 1.99. The molecule has 0 aromatic heterocycles. The van der Waals surface area contributed by atoms with Crippen molar-refractivity contribution >= 4 is 5.69 Å². The van der Waals surface area contributed by atoms with Gasteiger partial charge in [0.2, 0.25) is 0 Å². The highest BCUT2D eigenvalue weighted by Gasteiger charge is 2.18. The number of halogens is 2. The molecule has 0 radical (unpaired) electrons. The van der Waals surface area contributed by atoms with Gasteiger partial charge in [0.05, 0.1) is 0 Å². The molecule has 0 fully saturated rings. The Bertz CT molecular complexity index is 517. The Morgan fingerprint density at radius 3 is 2.24 bits per heavy atom. The molecule has 17 heavy (non-hydrogen) atoms. The molecule has 0 saturated carbocycles. The van der Waals surface area contributed by atoms with E-state index in [1.165, 1.54) is 12.1 Å². The van der Waals surface area contributed by atoms with Gasteiger partial charge in [-0.3, -0.25) is 0 Å². The first kappa shape index (κ1) is 11.6. The molecular formula is C14H13F2N. The van der Waals surface area contributed by atoms with Crippen molar-refractivity contribution in [3.63, 3.8) is 0 Å². The van der Waals surface area contributed by atoms with Crippen LogP contribution in [0.5, 0.6) is 0 Å². The van der Waals surface area contributed by atoms with Gasteiger partial charge in [-0.05, 0) is 23.8 Å². The summed E-state index contributed by atoms with van der Waals surface area (Å²) < 4.78 is 27.3. The molecule has 3 heteroatoms. The fraction of sp³-hybridized carbons (Fsp3) is 0.143. The van der Waals surface area contributed by atoms with Crippen molar-refractivity contribution in [2.75, 3.05) is 5.73 Å². The summed E-state index contributed by atoms with van der Waals surface area (Å²) in [6.45, 7) is 1.74. The van der Waals surface area contributed by atoms with E-state index in [-0.39, 0.29) is 5.82 Å². The zero-order valence-electron chi connectivity index (χ0n) is 9.45. The molecule has 1 atom stereocenters. The molecule has 2 aromatic carbocycles. The van der Waals surface area contributed by atoms with Crippen LogP contribution in [0.3, 0.4) is 0 Å². The molecule has 0 aliphatic rings. The van der Waals surface area contributed by atoms with Crippen molar-refractivity contribution in [1.29, 1.82) is 0 Å². The first-order chi connectivity index (χ1) is 8.11. The van der Waals surface area contributed by atoms with E-state index in [2.05, 4.69) is 0 Å². The summed E-state index contributed by atoms with van der Waals surface area (Å²) in [5, 5.41) is 0. The smallest absolute Gasteiger partial charge is 0.129 e. The summed E-state index contributed by atoms with van der Waals surface area (Å²) in [6.07, 6.45) is 0.